The molecule has 0 radical (unpaired) electrons. The number of furan rings is 1. The van der Waals surface area contributed by atoms with Crippen molar-refractivity contribution in [2.45, 2.75) is 13.3 Å². The maximum Gasteiger partial charge on any atom is 0.442 e. The van der Waals surface area contributed by atoms with E-state index in [1.807, 2.05) is 6.07 Å². The molecule has 0 aliphatic heterocycles. The number of fused-ring (bicyclic) bond motifs is 1. The number of carbonyl (C=O) groups excluding carboxylic acids is 1. The molecule has 122 valence electrons. The lowest BCUT2D eigenvalue weighted by Crippen LogP contribution is -2.07. The Morgan fingerprint density at radius 3 is 2.58 bits per heavy atom. The standard InChI is InChI=1S/C18H15NO5/c1-2-23-15(20)11-13-9-6-10-14-16(12-7-4-3-5-8-12)18(19(21)22)24-17(13)14/h3-10H,2,11H2,1H3. The molecule has 0 saturated carbocycles. The highest BCUT2D eigenvalue weighted by Crippen LogP contribution is 2.40. The van der Waals surface area contributed by atoms with Crippen LogP contribution in [0.25, 0.3) is 22.1 Å². The number of esters is 1. The maximum atomic E-state index is 11.8. The Bertz CT molecular complexity index is 898. The Labute approximate surface area is 137 Å². The Hall–Kier alpha value is -3.15. The van der Waals surface area contributed by atoms with E-state index in [0.717, 1.165) is 0 Å². The molecule has 6 nitrogen and oxygen atoms in total. The number of nitro groups is 1. The minimum absolute atomic E-state index is 0.00404. The zero-order valence-electron chi connectivity index (χ0n) is 13.0. The number of benzene rings is 2. The highest BCUT2D eigenvalue weighted by Gasteiger charge is 2.26. The molecule has 6 heteroatoms. The molecule has 0 amide bonds. The second-order valence-electron chi connectivity index (χ2n) is 5.18. The van der Waals surface area contributed by atoms with E-state index >= 15 is 0 Å². The molecule has 0 spiro atoms. The van der Waals surface area contributed by atoms with E-state index in [1.54, 1.807) is 49.4 Å². The number of hydrogen-bond donors (Lipinski definition) is 0. The number of ether oxygens (including phenoxy) is 1. The molecule has 24 heavy (non-hydrogen) atoms. The summed E-state index contributed by atoms with van der Waals surface area (Å²) in [6, 6.07) is 14.2. The summed E-state index contributed by atoms with van der Waals surface area (Å²) in [7, 11) is 0. The third-order valence-electron chi connectivity index (χ3n) is 3.65. The molecule has 3 aromatic rings. The lowest BCUT2D eigenvalue weighted by atomic mass is 10.0. The number of rotatable bonds is 5. The second-order valence-corrected chi connectivity index (χ2v) is 5.18. The molecule has 2 aromatic carbocycles. The summed E-state index contributed by atoms with van der Waals surface area (Å²) in [5.74, 6) is -0.724. The van der Waals surface area contributed by atoms with Crippen LogP contribution in [0.5, 0.6) is 0 Å². The van der Waals surface area contributed by atoms with Crippen molar-refractivity contribution >= 4 is 22.8 Å². The molecule has 0 aliphatic carbocycles. The lowest BCUT2D eigenvalue weighted by Gasteiger charge is -2.02. The quantitative estimate of drug-likeness (QED) is 0.400. The van der Waals surface area contributed by atoms with Crippen molar-refractivity contribution in [1.82, 2.24) is 0 Å². The van der Waals surface area contributed by atoms with Crippen LogP contribution >= 0.6 is 0 Å². The van der Waals surface area contributed by atoms with E-state index in [4.69, 9.17) is 9.15 Å². The van der Waals surface area contributed by atoms with Crippen LogP contribution in [0.4, 0.5) is 5.88 Å². The second kappa shape index (κ2) is 6.54. The van der Waals surface area contributed by atoms with Crippen molar-refractivity contribution in [1.29, 1.82) is 0 Å². The first kappa shape index (κ1) is 15.7. The van der Waals surface area contributed by atoms with Crippen LogP contribution in [-0.4, -0.2) is 17.5 Å². The van der Waals surface area contributed by atoms with Crippen molar-refractivity contribution in [2.75, 3.05) is 6.61 Å². The molecule has 0 aliphatic rings. The maximum absolute atomic E-state index is 11.8. The summed E-state index contributed by atoms with van der Waals surface area (Å²) >= 11 is 0. The van der Waals surface area contributed by atoms with E-state index in [2.05, 4.69) is 0 Å². The van der Waals surface area contributed by atoms with Gasteiger partial charge < -0.3 is 9.15 Å². The van der Waals surface area contributed by atoms with Gasteiger partial charge in [-0.25, -0.2) is 0 Å². The van der Waals surface area contributed by atoms with E-state index in [9.17, 15) is 14.9 Å². The van der Waals surface area contributed by atoms with Gasteiger partial charge in [-0.2, -0.15) is 0 Å². The fourth-order valence-corrected chi connectivity index (χ4v) is 2.68. The van der Waals surface area contributed by atoms with Gasteiger partial charge in [0.25, 0.3) is 0 Å². The van der Waals surface area contributed by atoms with Crippen LogP contribution in [0, 0.1) is 10.1 Å². The highest BCUT2D eigenvalue weighted by molar-refractivity contribution is 6.00. The third kappa shape index (κ3) is 2.86. The molecule has 1 heterocycles. The van der Waals surface area contributed by atoms with E-state index in [1.165, 1.54) is 0 Å². The average Bonchev–Trinajstić information content (AvgIpc) is 2.97. The first-order chi connectivity index (χ1) is 11.6. The molecule has 1 aromatic heterocycles. The number of hydrogen-bond acceptors (Lipinski definition) is 5. The minimum atomic E-state index is -0.545. The van der Waals surface area contributed by atoms with Crippen molar-refractivity contribution in [3.8, 4) is 11.1 Å². The van der Waals surface area contributed by atoms with E-state index < -0.39 is 10.9 Å². The van der Waals surface area contributed by atoms with Crippen LogP contribution in [0.3, 0.4) is 0 Å². The van der Waals surface area contributed by atoms with Gasteiger partial charge >= 0.3 is 11.9 Å². The Kier molecular flexibility index (Phi) is 4.29. The molecule has 0 unspecified atom stereocenters. The van der Waals surface area contributed by atoms with Gasteiger partial charge in [-0.05, 0) is 12.5 Å². The van der Waals surface area contributed by atoms with Gasteiger partial charge in [0.15, 0.2) is 0 Å². The van der Waals surface area contributed by atoms with Gasteiger partial charge in [0, 0.05) is 10.9 Å². The minimum Gasteiger partial charge on any atom is -0.466 e. The van der Waals surface area contributed by atoms with Gasteiger partial charge in [-0.15, -0.1) is 0 Å². The van der Waals surface area contributed by atoms with Gasteiger partial charge in [-0.1, -0.05) is 48.5 Å². The lowest BCUT2D eigenvalue weighted by molar-refractivity contribution is -0.400. The zero-order chi connectivity index (χ0) is 17.1. The summed E-state index contributed by atoms with van der Waals surface area (Å²) in [6.45, 7) is 2.01. The van der Waals surface area contributed by atoms with Crippen molar-refractivity contribution < 1.29 is 18.9 Å². The molecular formula is C18H15NO5. The number of carbonyl (C=O) groups is 1. The van der Waals surface area contributed by atoms with E-state index in [0.29, 0.717) is 27.7 Å². The van der Waals surface area contributed by atoms with Crippen LogP contribution in [0.15, 0.2) is 52.9 Å². The molecule has 0 N–H and O–H groups in total. The summed E-state index contributed by atoms with van der Waals surface area (Å²) in [5.41, 5.74) is 2.02. The molecular weight excluding hydrogens is 310 g/mol. The molecule has 0 fully saturated rings. The molecule has 0 saturated heterocycles. The predicted molar refractivity (Wildman–Crippen MR) is 88.6 cm³/mol. The average molecular weight is 325 g/mol. The van der Waals surface area contributed by atoms with Crippen molar-refractivity contribution in [2.24, 2.45) is 0 Å². The van der Waals surface area contributed by atoms with Crippen LogP contribution in [-0.2, 0) is 16.0 Å². The zero-order valence-corrected chi connectivity index (χ0v) is 13.0. The topological polar surface area (TPSA) is 82.6 Å². The smallest absolute Gasteiger partial charge is 0.442 e. The molecule has 3 rings (SSSR count). The predicted octanol–water partition coefficient (Wildman–Crippen LogP) is 4.11. The van der Waals surface area contributed by atoms with Gasteiger partial charge in [-0.3, -0.25) is 14.9 Å². The number of nitrogens with zero attached hydrogens (tertiary/aromatic N) is 1. The normalized spacial score (nSPS) is 10.7. The van der Waals surface area contributed by atoms with E-state index in [-0.39, 0.29) is 18.9 Å². The van der Waals surface area contributed by atoms with Crippen molar-refractivity contribution in [3.05, 3.63) is 64.2 Å². The van der Waals surface area contributed by atoms with Crippen LogP contribution < -0.4 is 0 Å². The molecule has 0 bridgehead atoms. The Balaban J connectivity index is 2.19. The third-order valence-corrected chi connectivity index (χ3v) is 3.65. The van der Waals surface area contributed by atoms with Gasteiger partial charge in [0.1, 0.15) is 16.1 Å². The SMILES string of the molecule is CCOC(=O)Cc1cccc2c(-c3ccccc3)c([N+](=O)[O-])oc12. The van der Waals surface area contributed by atoms with Gasteiger partial charge in [0.05, 0.1) is 13.0 Å². The number of para-hydroxylation sites is 1. The summed E-state index contributed by atoms with van der Waals surface area (Å²) in [5, 5.41) is 12.0. The van der Waals surface area contributed by atoms with Crippen LogP contribution in [0.2, 0.25) is 0 Å². The van der Waals surface area contributed by atoms with Crippen molar-refractivity contribution in [3.63, 3.8) is 0 Å². The summed E-state index contributed by atoms with van der Waals surface area (Å²) in [6.07, 6.45) is 0.00404. The largest absolute Gasteiger partial charge is 0.466 e. The summed E-state index contributed by atoms with van der Waals surface area (Å²) in [4.78, 5) is 22.6. The first-order valence-corrected chi connectivity index (χ1v) is 7.51. The Morgan fingerprint density at radius 2 is 1.92 bits per heavy atom. The highest BCUT2D eigenvalue weighted by atomic mass is 16.6. The monoisotopic (exact) mass is 325 g/mol. The molecule has 0 atom stereocenters. The Morgan fingerprint density at radius 1 is 1.17 bits per heavy atom. The summed E-state index contributed by atoms with van der Waals surface area (Å²) < 4.78 is 10.5. The van der Waals surface area contributed by atoms with Gasteiger partial charge in [0.2, 0.25) is 0 Å². The first-order valence-electron chi connectivity index (χ1n) is 7.51. The fourth-order valence-electron chi connectivity index (χ4n) is 2.68. The van der Waals surface area contributed by atoms with Crippen LogP contribution in [0.1, 0.15) is 12.5 Å². The fraction of sp³-hybridized carbons (Fsp3) is 0.167.